The first-order valence-electron chi connectivity index (χ1n) is 9.16. The Bertz CT molecular complexity index is 662. The van der Waals surface area contributed by atoms with E-state index in [1.54, 1.807) is 0 Å². The first-order chi connectivity index (χ1) is 12.2. The van der Waals surface area contributed by atoms with Crippen molar-refractivity contribution in [1.29, 1.82) is 0 Å². The molecule has 1 aliphatic rings. The highest BCUT2D eigenvalue weighted by molar-refractivity contribution is 5.24. The summed E-state index contributed by atoms with van der Waals surface area (Å²) >= 11 is 0. The molecule has 2 aromatic heterocycles. The molecule has 0 radical (unpaired) electrons. The van der Waals surface area contributed by atoms with E-state index in [2.05, 4.69) is 39.4 Å². The molecule has 0 amide bonds. The summed E-state index contributed by atoms with van der Waals surface area (Å²) in [5, 5.41) is 17.3. The molecule has 3 heterocycles. The smallest absolute Gasteiger partial charge is 0.0644 e. The topological polar surface area (TPSA) is 66.2 Å². The molecule has 2 aromatic rings. The molecule has 2 N–H and O–H groups in total. The molecule has 0 spiro atoms. The van der Waals surface area contributed by atoms with Crippen LogP contribution in [0, 0.1) is 13.8 Å². The van der Waals surface area contributed by atoms with E-state index in [0.29, 0.717) is 12.6 Å². The second-order valence-corrected chi connectivity index (χ2v) is 6.85. The molecule has 0 bridgehead atoms. The number of aliphatic hydroxyl groups is 1. The van der Waals surface area contributed by atoms with Crippen molar-refractivity contribution in [2.75, 3.05) is 19.7 Å². The number of hydrogen-bond donors (Lipinski definition) is 2. The zero-order valence-electron chi connectivity index (χ0n) is 15.3. The average molecular weight is 343 g/mol. The van der Waals surface area contributed by atoms with Gasteiger partial charge in [-0.05, 0) is 38.8 Å². The lowest BCUT2D eigenvalue weighted by Gasteiger charge is -2.32. The Morgan fingerprint density at radius 2 is 2.04 bits per heavy atom. The van der Waals surface area contributed by atoms with Crippen molar-refractivity contribution in [2.45, 2.75) is 52.4 Å². The molecule has 3 rings (SSSR count). The number of nitrogens with one attached hydrogen (secondary N) is 1. The fourth-order valence-electron chi connectivity index (χ4n) is 3.56. The van der Waals surface area contributed by atoms with Crippen molar-refractivity contribution in [1.82, 2.24) is 25.0 Å². The average Bonchev–Trinajstić information content (AvgIpc) is 2.89. The number of aromatic nitrogens is 3. The predicted octanol–water partition coefficient (Wildman–Crippen LogP) is 1.64. The van der Waals surface area contributed by atoms with Crippen molar-refractivity contribution >= 4 is 0 Å². The third kappa shape index (κ3) is 4.66. The van der Waals surface area contributed by atoms with Gasteiger partial charge in [0, 0.05) is 49.7 Å². The van der Waals surface area contributed by atoms with E-state index in [1.807, 2.05) is 23.9 Å². The Morgan fingerprint density at radius 1 is 1.24 bits per heavy atom. The van der Waals surface area contributed by atoms with Gasteiger partial charge < -0.3 is 10.4 Å². The fraction of sp³-hybridized carbons (Fsp3) is 0.579. The zero-order chi connectivity index (χ0) is 17.6. The van der Waals surface area contributed by atoms with Gasteiger partial charge in [0.05, 0.1) is 24.5 Å². The number of hydrogen-bond acceptors (Lipinski definition) is 5. The van der Waals surface area contributed by atoms with Crippen LogP contribution in [-0.2, 0) is 19.6 Å². The lowest BCUT2D eigenvalue weighted by Crippen LogP contribution is -2.42. The number of pyridine rings is 1. The van der Waals surface area contributed by atoms with E-state index in [9.17, 15) is 0 Å². The fourth-order valence-corrected chi connectivity index (χ4v) is 3.56. The molecule has 0 aromatic carbocycles. The van der Waals surface area contributed by atoms with Gasteiger partial charge in [0.25, 0.3) is 0 Å². The monoisotopic (exact) mass is 343 g/mol. The van der Waals surface area contributed by atoms with Gasteiger partial charge in [0.2, 0.25) is 0 Å². The Balaban J connectivity index is 1.47. The summed E-state index contributed by atoms with van der Waals surface area (Å²) in [5.41, 5.74) is 4.64. The molecule has 0 atom stereocenters. The van der Waals surface area contributed by atoms with Crippen LogP contribution in [0.5, 0.6) is 0 Å². The predicted molar refractivity (Wildman–Crippen MR) is 98.2 cm³/mol. The van der Waals surface area contributed by atoms with E-state index in [-0.39, 0.29) is 6.61 Å². The molecule has 0 aliphatic carbocycles. The van der Waals surface area contributed by atoms with Gasteiger partial charge in [-0.1, -0.05) is 6.07 Å². The van der Waals surface area contributed by atoms with Gasteiger partial charge in [-0.15, -0.1) is 0 Å². The van der Waals surface area contributed by atoms with Gasteiger partial charge in [0.1, 0.15) is 0 Å². The normalized spacial score (nSPS) is 16.4. The van der Waals surface area contributed by atoms with Gasteiger partial charge in [-0.3, -0.25) is 14.6 Å². The zero-order valence-corrected chi connectivity index (χ0v) is 15.3. The lowest BCUT2D eigenvalue weighted by molar-refractivity contribution is 0.188. The first kappa shape index (κ1) is 18.0. The second-order valence-electron chi connectivity index (χ2n) is 6.85. The van der Waals surface area contributed by atoms with Crippen LogP contribution in [0.15, 0.2) is 24.4 Å². The van der Waals surface area contributed by atoms with E-state index in [0.717, 1.165) is 56.1 Å². The van der Waals surface area contributed by atoms with Gasteiger partial charge in [-0.2, -0.15) is 5.10 Å². The van der Waals surface area contributed by atoms with Gasteiger partial charge in [-0.25, -0.2) is 0 Å². The number of aryl methyl sites for hydroxylation is 1. The minimum Gasteiger partial charge on any atom is -0.394 e. The summed E-state index contributed by atoms with van der Waals surface area (Å²) in [6.07, 6.45) is 4.19. The van der Waals surface area contributed by atoms with E-state index in [1.165, 1.54) is 5.56 Å². The third-order valence-electron chi connectivity index (χ3n) is 5.11. The molecule has 1 aliphatic heterocycles. The second kappa shape index (κ2) is 8.56. The molecular weight excluding hydrogens is 314 g/mol. The lowest BCUT2D eigenvalue weighted by atomic mass is 10.0. The van der Waals surface area contributed by atoms with Crippen molar-refractivity contribution in [3.63, 3.8) is 0 Å². The van der Waals surface area contributed by atoms with Crippen LogP contribution in [0.1, 0.15) is 35.5 Å². The number of rotatable bonds is 7. The molecule has 136 valence electrons. The molecular formula is C19H29N5O. The molecule has 1 fully saturated rings. The van der Waals surface area contributed by atoms with Gasteiger partial charge in [0.15, 0.2) is 0 Å². The van der Waals surface area contributed by atoms with Crippen LogP contribution in [0.25, 0.3) is 0 Å². The third-order valence-corrected chi connectivity index (χ3v) is 5.11. The van der Waals surface area contributed by atoms with E-state index in [4.69, 9.17) is 5.11 Å². The summed E-state index contributed by atoms with van der Waals surface area (Å²) in [6.45, 7) is 8.84. The van der Waals surface area contributed by atoms with E-state index >= 15 is 0 Å². The van der Waals surface area contributed by atoms with Crippen molar-refractivity contribution < 1.29 is 5.11 Å². The first-order valence-corrected chi connectivity index (χ1v) is 9.16. The Labute approximate surface area is 149 Å². The Morgan fingerprint density at radius 3 is 2.72 bits per heavy atom. The largest absolute Gasteiger partial charge is 0.394 e. The number of piperidine rings is 1. The maximum Gasteiger partial charge on any atom is 0.0644 e. The summed E-state index contributed by atoms with van der Waals surface area (Å²) in [6, 6.07) is 6.67. The SMILES string of the molecule is Cc1nn(CCO)c(C)c1CNC1CCN(Cc2ccccn2)CC1. The molecule has 0 saturated carbocycles. The number of nitrogens with zero attached hydrogens (tertiary/aromatic N) is 4. The number of aliphatic hydroxyl groups excluding tert-OH is 1. The summed E-state index contributed by atoms with van der Waals surface area (Å²) in [5.74, 6) is 0. The maximum absolute atomic E-state index is 9.12. The highest BCUT2D eigenvalue weighted by Crippen LogP contribution is 2.16. The van der Waals surface area contributed by atoms with Crippen LogP contribution in [0.2, 0.25) is 0 Å². The van der Waals surface area contributed by atoms with Crippen LogP contribution >= 0.6 is 0 Å². The van der Waals surface area contributed by atoms with E-state index < -0.39 is 0 Å². The molecule has 0 unspecified atom stereocenters. The summed E-state index contributed by atoms with van der Waals surface area (Å²) in [7, 11) is 0. The quantitative estimate of drug-likeness (QED) is 0.800. The molecule has 6 nitrogen and oxygen atoms in total. The van der Waals surface area contributed by atoms with Gasteiger partial charge >= 0.3 is 0 Å². The highest BCUT2D eigenvalue weighted by Gasteiger charge is 2.20. The summed E-state index contributed by atoms with van der Waals surface area (Å²) < 4.78 is 1.90. The highest BCUT2D eigenvalue weighted by atomic mass is 16.3. The summed E-state index contributed by atoms with van der Waals surface area (Å²) in [4.78, 5) is 6.90. The Hall–Kier alpha value is -1.76. The van der Waals surface area contributed by atoms with Crippen LogP contribution in [0.3, 0.4) is 0 Å². The maximum atomic E-state index is 9.12. The Kier molecular flexibility index (Phi) is 6.18. The van der Waals surface area contributed by atoms with Crippen molar-refractivity contribution in [3.05, 3.63) is 47.0 Å². The van der Waals surface area contributed by atoms with Crippen molar-refractivity contribution in [2.24, 2.45) is 0 Å². The molecule has 1 saturated heterocycles. The van der Waals surface area contributed by atoms with Crippen LogP contribution in [0.4, 0.5) is 0 Å². The standard InChI is InChI=1S/C19H29N5O/c1-15-19(16(2)24(22-15)11-12-25)13-21-17-6-9-23(10-7-17)14-18-5-3-4-8-20-18/h3-5,8,17,21,25H,6-7,9-14H2,1-2H3. The molecule has 25 heavy (non-hydrogen) atoms. The number of likely N-dealkylation sites (tertiary alicyclic amines) is 1. The van der Waals surface area contributed by atoms with Crippen LogP contribution < -0.4 is 5.32 Å². The van der Waals surface area contributed by atoms with Crippen LogP contribution in [-0.4, -0.2) is 50.5 Å². The minimum atomic E-state index is 0.129. The molecule has 6 heteroatoms. The van der Waals surface area contributed by atoms with Crippen molar-refractivity contribution in [3.8, 4) is 0 Å². The minimum absolute atomic E-state index is 0.129.